The van der Waals surface area contributed by atoms with E-state index in [0.717, 1.165) is 20.1 Å². The van der Waals surface area contributed by atoms with E-state index in [-0.39, 0.29) is 0 Å². The van der Waals surface area contributed by atoms with Crippen molar-refractivity contribution in [3.63, 3.8) is 0 Å². The van der Waals surface area contributed by atoms with Crippen LogP contribution in [0.25, 0.3) is 0 Å². The molecule has 2 nitrogen and oxygen atoms in total. The lowest BCUT2D eigenvalue weighted by molar-refractivity contribution is 0.112. The van der Waals surface area contributed by atoms with Gasteiger partial charge < -0.3 is 4.74 Å². The van der Waals surface area contributed by atoms with Gasteiger partial charge >= 0.3 is 0 Å². The Hall–Kier alpha value is -0.880. The minimum atomic E-state index is 0.640. The first-order chi connectivity index (χ1) is 8.19. The van der Waals surface area contributed by atoms with E-state index in [4.69, 9.17) is 4.74 Å². The molecule has 0 aromatic heterocycles. The third-order valence-corrected chi connectivity index (χ3v) is 3.52. The van der Waals surface area contributed by atoms with Crippen LogP contribution >= 0.6 is 38.5 Å². The Morgan fingerprint density at radius 3 is 2.47 bits per heavy atom. The van der Waals surface area contributed by atoms with Crippen LogP contribution < -0.4 is 4.74 Å². The molecule has 2 aromatic carbocycles. The lowest BCUT2D eigenvalue weighted by Crippen LogP contribution is -1.88. The molecule has 0 unspecified atom stereocenters. The molecule has 0 bridgehead atoms. The van der Waals surface area contributed by atoms with E-state index < -0.39 is 0 Å². The van der Waals surface area contributed by atoms with Gasteiger partial charge in [0.05, 0.1) is 3.57 Å². The SMILES string of the molecule is O=Cc1ccc(Oc2cc(Br)ccc2I)cc1. The van der Waals surface area contributed by atoms with Crippen molar-refractivity contribution in [3.8, 4) is 11.5 Å². The molecule has 0 saturated carbocycles. The minimum absolute atomic E-state index is 0.640. The Morgan fingerprint density at radius 1 is 1.12 bits per heavy atom. The highest BCUT2D eigenvalue weighted by atomic mass is 127. The number of carbonyl (C=O) groups excluding carboxylic acids is 1. The molecule has 0 amide bonds. The third kappa shape index (κ3) is 3.29. The third-order valence-electron chi connectivity index (χ3n) is 2.14. The maximum Gasteiger partial charge on any atom is 0.150 e. The maximum absolute atomic E-state index is 10.5. The summed E-state index contributed by atoms with van der Waals surface area (Å²) < 4.78 is 7.74. The van der Waals surface area contributed by atoms with Crippen LogP contribution in [0.2, 0.25) is 0 Å². The van der Waals surface area contributed by atoms with Crippen molar-refractivity contribution in [2.24, 2.45) is 0 Å². The average Bonchev–Trinajstić information content (AvgIpc) is 2.35. The molecule has 0 radical (unpaired) electrons. The van der Waals surface area contributed by atoms with Gasteiger partial charge in [-0.1, -0.05) is 15.9 Å². The van der Waals surface area contributed by atoms with E-state index in [1.54, 1.807) is 24.3 Å². The zero-order chi connectivity index (χ0) is 12.3. The van der Waals surface area contributed by atoms with Gasteiger partial charge in [-0.3, -0.25) is 4.79 Å². The van der Waals surface area contributed by atoms with E-state index in [1.807, 2.05) is 18.2 Å². The Morgan fingerprint density at radius 2 is 1.82 bits per heavy atom. The summed E-state index contributed by atoms with van der Waals surface area (Å²) in [4.78, 5) is 10.5. The van der Waals surface area contributed by atoms with Gasteiger partial charge in [-0.05, 0) is 65.1 Å². The van der Waals surface area contributed by atoms with Gasteiger partial charge in [0.25, 0.3) is 0 Å². The van der Waals surface area contributed by atoms with Gasteiger partial charge in [0.1, 0.15) is 17.8 Å². The van der Waals surface area contributed by atoms with Crippen LogP contribution in [-0.2, 0) is 0 Å². The lowest BCUT2D eigenvalue weighted by atomic mass is 10.2. The normalized spacial score (nSPS) is 10.0. The van der Waals surface area contributed by atoms with E-state index in [0.29, 0.717) is 11.3 Å². The fraction of sp³-hybridized carbons (Fsp3) is 0. The van der Waals surface area contributed by atoms with Crippen LogP contribution in [-0.4, -0.2) is 6.29 Å². The summed E-state index contributed by atoms with van der Waals surface area (Å²) in [5, 5.41) is 0. The van der Waals surface area contributed by atoms with Crippen molar-refractivity contribution in [1.82, 2.24) is 0 Å². The van der Waals surface area contributed by atoms with Crippen molar-refractivity contribution in [2.45, 2.75) is 0 Å². The summed E-state index contributed by atoms with van der Waals surface area (Å²) in [6, 6.07) is 12.9. The summed E-state index contributed by atoms with van der Waals surface area (Å²) in [6.45, 7) is 0. The molecule has 0 saturated heterocycles. The van der Waals surface area contributed by atoms with Gasteiger partial charge in [-0.2, -0.15) is 0 Å². The Labute approximate surface area is 121 Å². The first-order valence-electron chi connectivity index (χ1n) is 4.87. The van der Waals surface area contributed by atoms with Gasteiger partial charge in [0.15, 0.2) is 0 Å². The average molecular weight is 403 g/mol. The van der Waals surface area contributed by atoms with Crippen molar-refractivity contribution in [2.75, 3.05) is 0 Å². The van der Waals surface area contributed by atoms with Crippen molar-refractivity contribution in [3.05, 3.63) is 56.1 Å². The number of ether oxygens (including phenoxy) is 1. The molecule has 0 aliphatic carbocycles. The zero-order valence-corrected chi connectivity index (χ0v) is 12.4. The quantitative estimate of drug-likeness (QED) is 0.551. The van der Waals surface area contributed by atoms with E-state index in [9.17, 15) is 4.79 Å². The fourth-order valence-corrected chi connectivity index (χ4v) is 2.08. The monoisotopic (exact) mass is 402 g/mol. The number of aldehydes is 1. The molecule has 0 aliphatic heterocycles. The number of hydrogen-bond donors (Lipinski definition) is 0. The number of halogens is 2. The number of benzene rings is 2. The molecule has 2 rings (SSSR count). The van der Waals surface area contributed by atoms with Crippen molar-refractivity contribution >= 4 is 44.8 Å². The summed E-state index contributed by atoms with van der Waals surface area (Å²) >= 11 is 5.62. The first kappa shape index (κ1) is 12.6. The predicted molar refractivity (Wildman–Crippen MR) is 78.8 cm³/mol. The number of carbonyl (C=O) groups is 1. The number of rotatable bonds is 3. The second-order valence-corrected chi connectivity index (χ2v) is 5.44. The predicted octanol–water partition coefficient (Wildman–Crippen LogP) is 4.66. The topological polar surface area (TPSA) is 26.3 Å². The Balaban J connectivity index is 2.24. The fourth-order valence-electron chi connectivity index (χ4n) is 1.30. The van der Waals surface area contributed by atoms with Crippen molar-refractivity contribution in [1.29, 1.82) is 0 Å². The molecule has 0 fully saturated rings. The molecular weight excluding hydrogens is 395 g/mol. The van der Waals surface area contributed by atoms with Crippen molar-refractivity contribution < 1.29 is 9.53 Å². The Bertz CT molecular complexity index is 538. The second-order valence-electron chi connectivity index (χ2n) is 3.36. The molecule has 4 heteroatoms. The van der Waals surface area contributed by atoms with Gasteiger partial charge in [0.2, 0.25) is 0 Å². The lowest BCUT2D eigenvalue weighted by Gasteiger charge is -2.08. The molecule has 2 aromatic rings. The molecule has 0 heterocycles. The van der Waals surface area contributed by atoms with Crippen LogP contribution in [0.15, 0.2) is 46.9 Å². The maximum atomic E-state index is 10.5. The zero-order valence-electron chi connectivity index (χ0n) is 8.69. The van der Waals surface area contributed by atoms with E-state index >= 15 is 0 Å². The largest absolute Gasteiger partial charge is 0.456 e. The van der Waals surface area contributed by atoms with E-state index in [2.05, 4.69) is 38.5 Å². The molecule has 17 heavy (non-hydrogen) atoms. The minimum Gasteiger partial charge on any atom is -0.456 e. The summed E-state index contributed by atoms with van der Waals surface area (Å²) in [5.74, 6) is 1.51. The Kier molecular flexibility index (Phi) is 4.17. The van der Waals surface area contributed by atoms with Crippen LogP contribution in [0.5, 0.6) is 11.5 Å². The smallest absolute Gasteiger partial charge is 0.150 e. The summed E-state index contributed by atoms with van der Waals surface area (Å²) in [6.07, 6.45) is 0.812. The highest BCUT2D eigenvalue weighted by molar-refractivity contribution is 14.1. The second kappa shape index (κ2) is 5.64. The highest BCUT2D eigenvalue weighted by Crippen LogP contribution is 2.29. The van der Waals surface area contributed by atoms with Gasteiger partial charge in [-0.25, -0.2) is 0 Å². The van der Waals surface area contributed by atoms with E-state index in [1.165, 1.54) is 0 Å². The molecule has 0 N–H and O–H groups in total. The summed E-state index contributed by atoms with van der Waals surface area (Å²) in [7, 11) is 0. The molecule has 86 valence electrons. The first-order valence-corrected chi connectivity index (χ1v) is 6.74. The highest BCUT2D eigenvalue weighted by Gasteiger charge is 2.03. The van der Waals surface area contributed by atoms with Gasteiger partial charge in [0, 0.05) is 10.0 Å². The van der Waals surface area contributed by atoms with Crippen LogP contribution in [0.4, 0.5) is 0 Å². The molecular formula is C13H8BrIO2. The van der Waals surface area contributed by atoms with Crippen LogP contribution in [0.3, 0.4) is 0 Å². The van der Waals surface area contributed by atoms with Crippen LogP contribution in [0.1, 0.15) is 10.4 Å². The standard InChI is InChI=1S/C13H8BrIO2/c14-10-3-6-12(15)13(7-10)17-11-4-1-9(8-16)2-5-11/h1-8H. The molecule has 0 spiro atoms. The van der Waals surface area contributed by atoms with Crippen LogP contribution in [0, 0.1) is 3.57 Å². The summed E-state index contributed by atoms with van der Waals surface area (Å²) in [5.41, 5.74) is 0.640. The molecule has 0 atom stereocenters. The molecule has 0 aliphatic rings. The van der Waals surface area contributed by atoms with Gasteiger partial charge in [-0.15, -0.1) is 0 Å². The number of hydrogen-bond acceptors (Lipinski definition) is 2.